The topological polar surface area (TPSA) is 105 Å². The van der Waals surface area contributed by atoms with Gasteiger partial charge in [0.05, 0.1) is 17.2 Å². The van der Waals surface area contributed by atoms with Gasteiger partial charge in [-0.1, -0.05) is 0 Å². The van der Waals surface area contributed by atoms with Gasteiger partial charge in [0.2, 0.25) is 0 Å². The quantitative estimate of drug-likeness (QED) is 0.827. The van der Waals surface area contributed by atoms with Gasteiger partial charge in [-0.2, -0.15) is 0 Å². The molecule has 0 unspecified atom stereocenters. The molecule has 1 aliphatic rings. The van der Waals surface area contributed by atoms with Crippen molar-refractivity contribution in [1.82, 2.24) is 25.2 Å². The predicted octanol–water partition coefficient (Wildman–Crippen LogP) is 0.971. The van der Waals surface area contributed by atoms with Crippen molar-refractivity contribution in [3.05, 3.63) is 29.5 Å². The third kappa shape index (κ3) is 4.51. The van der Waals surface area contributed by atoms with Crippen LogP contribution in [0.1, 0.15) is 12.1 Å². The number of thiazole rings is 1. The Hall–Kier alpha value is -2.07. The van der Waals surface area contributed by atoms with Crippen LogP contribution in [0.3, 0.4) is 0 Å². The van der Waals surface area contributed by atoms with Crippen molar-refractivity contribution < 1.29 is 13.2 Å². The fourth-order valence-electron chi connectivity index (χ4n) is 2.60. The molecule has 0 bridgehead atoms. The Labute approximate surface area is 150 Å². The molecule has 2 amide bonds. The highest BCUT2D eigenvalue weighted by Gasteiger charge is 2.32. The number of carbonyl (C=O) groups is 1. The number of urea groups is 1. The van der Waals surface area contributed by atoms with Crippen LogP contribution in [-0.4, -0.2) is 65.4 Å². The van der Waals surface area contributed by atoms with E-state index < -0.39 is 9.84 Å². The number of sulfone groups is 1. The van der Waals surface area contributed by atoms with E-state index in [0.29, 0.717) is 25.2 Å². The zero-order valence-electron chi connectivity index (χ0n) is 13.8. The molecule has 2 aromatic heterocycles. The number of aromatic nitrogens is 3. The lowest BCUT2D eigenvalue weighted by atomic mass is 10.2. The maximum absolute atomic E-state index is 12.1. The van der Waals surface area contributed by atoms with E-state index in [1.807, 2.05) is 5.38 Å². The first-order valence-electron chi connectivity index (χ1n) is 7.87. The molecule has 1 fully saturated rings. The first kappa shape index (κ1) is 17.7. The number of rotatable bonds is 5. The van der Waals surface area contributed by atoms with Crippen LogP contribution in [0.5, 0.6) is 0 Å². The summed E-state index contributed by atoms with van der Waals surface area (Å²) in [6, 6.07) is 1.25. The number of carbonyl (C=O) groups excluding carboxylic acids is 1. The Kier molecular flexibility index (Phi) is 5.28. The molecular formula is C15H19N5O3S2. The number of amides is 2. The van der Waals surface area contributed by atoms with Crippen molar-refractivity contribution in [2.75, 3.05) is 25.1 Å². The van der Waals surface area contributed by atoms with E-state index in [2.05, 4.69) is 20.3 Å². The van der Waals surface area contributed by atoms with Gasteiger partial charge in [-0.3, -0.25) is 0 Å². The second-order valence-electron chi connectivity index (χ2n) is 5.87. The molecule has 0 spiro atoms. The summed E-state index contributed by atoms with van der Waals surface area (Å²) in [6.45, 7) is 0.432. The highest BCUT2D eigenvalue weighted by molar-refractivity contribution is 7.91. The Morgan fingerprint density at radius 3 is 2.84 bits per heavy atom. The second kappa shape index (κ2) is 7.44. The molecule has 134 valence electrons. The van der Waals surface area contributed by atoms with Crippen molar-refractivity contribution in [2.24, 2.45) is 0 Å². The molecule has 0 saturated carbocycles. The van der Waals surface area contributed by atoms with Crippen LogP contribution in [0.15, 0.2) is 23.8 Å². The summed E-state index contributed by atoms with van der Waals surface area (Å²) in [4.78, 5) is 26.4. The number of hydrogen-bond acceptors (Lipinski definition) is 7. The highest BCUT2D eigenvalue weighted by atomic mass is 32.2. The van der Waals surface area contributed by atoms with Gasteiger partial charge in [0, 0.05) is 43.8 Å². The lowest BCUT2D eigenvalue weighted by Gasteiger charge is -2.23. The molecular weight excluding hydrogens is 362 g/mol. The van der Waals surface area contributed by atoms with Crippen LogP contribution in [0.4, 0.5) is 4.79 Å². The predicted molar refractivity (Wildman–Crippen MR) is 95.1 cm³/mol. The molecule has 8 nitrogen and oxygen atoms in total. The Morgan fingerprint density at radius 2 is 2.16 bits per heavy atom. The third-order valence-corrected chi connectivity index (χ3v) is 6.68. The van der Waals surface area contributed by atoms with Crippen LogP contribution in [0.25, 0.3) is 10.8 Å². The molecule has 0 aromatic carbocycles. The average molecular weight is 381 g/mol. The lowest BCUT2D eigenvalue weighted by molar-refractivity contribution is 0.195. The molecule has 10 heteroatoms. The van der Waals surface area contributed by atoms with Crippen molar-refractivity contribution in [1.29, 1.82) is 0 Å². The molecule has 1 N–H and O–H groups in total. The van der Waals surface area contributed by atoms with E-state index in [1.54, 1.807) is 25.5 Å². The van der Waals surface area contributed by atoms with E-state index in [-0.39, 0.29) is 23.6 Å². The van der Waals surface area contributed by atoms with Crippen LogP contribution < -0.4 is 5.32 Å². The summed E-state index contributed by atoms with van der Waals surface area (Å²) in [5, 5.41) is 5.48. The largest absolute Gasteiger partial charge is 0.338 e. The Balaban J connectivity index is 1.48. The van der Waals surface area contributed by atoms with Crippen molar-refractivity contribution in [2.45, 2.75) is 18.9 Å². The van der Waals surface area contributed by atoms with Gasteiger partial charge < -0.3 is 10.2 Å². The number of nitrogens with one attached hydrogen (secondary N) is 1. The molecule has 25 heavy (non-hydrogen) atoms. The van der Waals surface area contributed by atoms with E-state index >= 15 is 0 Å². The van der Waals surface area contributed by atoms with E-state index in [1.165, 1.54) is 16.2 Å². The second-order valence-corrected chi connectivity index (χ2v) is 8.95. The number of nitrogens with zero attached hydrogens (tertiary/aromatic N) is 4. The highest BCUT2D eigenvalue weighted by Crippen LogP contribution is 2.19. The fraction of sp³-hybridized carbons (Fsp3) is 0.467. The molecule has 3 heterocycles. The van der Waals surface area contributed by atoms with E-state index in [4.69, 9.17) is 0 Å². The fourth-order valence-corrected chi connectivity index (χ4v) is 5.18. The molecule has 1 aliphatic heterocycles. The van der Waals surface area contributed by atoms with Gasteiger partial charge in [-0.25, -0.2) is 28.2 Å². The van der Waals surface area contributed by atoms with E-state index in [0.717, 1.165) is 10.7 Å². The van der Waals surface area contributed by atoms with E-state index in [9.17, 15) is 13.2 Å². The standard InChI is InChI=1S/C15H19N5O3S2/c1-20(12-4-8-25(22,23)10-12)15(21)18-7-3-11-9-24-14(19-11)13-16-5-2-6-17-13/h2,5-6,9,12H,3-4,7-8,10H2,1H3,(H,18,21)/t12-/m1/s1. The maximum atomic E-state index is 12.1. The van der Waals surface area contributed by atoms with Crippen molar-refractivity contribution in [3.63, 3.8) is 0 Å². The Morgan fingerprint density at radius 1 is 1.40 bits per heavy atom. The summed E-state index contributed by atoms with van der Waals surface area (Å²) < 4.78 is 23.0. The first-order chi connectivity index (χ1) is 11.9. The minimum atomic E-state index is -3.00. The van der Waals surface area contributed by atoms with Gasteiger partial charge in [0.1, 0.15) is 0 Å². The van der Waals surface area contributed by atoms with Crippen LogP contribution in [0, 0.1) is 0 Å². The minimum absolute atomic E-state index is 0.0451. The van der Waals surface area contributed by atoms with Gasteiger partial charge in [-0.15, -0.1) is 11.3 Å². The van der Waals surface area contributed by atoms with Crippen molar-refractivity contribution in [3.8, 4) is 10.8 Å². The van der Waals surface area contributed by atoms with Crippen molar-refractivity contribution >= 4 is 27.2 Å². The van der Waals surface area contributed by atoms with Gasteiger partial charge in [0.15, 0.2) is 20.7 Å². The molecule has 1 atom stereocenters. The minimum Gasteiger partial charge on any atom is -0.338 e. The summed E-state index contributed by atoms with van der Waals surface area (Å²) in [5.41, 5.74) is 0.860. The maximum Gasteiger partial charge on any atom is 0.317 e. The van der Waals surface area contributed by atoms with Gasteiger partial charge >= 0.3 is 6.03 Å². The summed E-state index contributed by atoms with van der Waals surface area (Å²) >= 11 is 1.46. The SMILES string of the molecule is CN(C(=O)NCCc1csc(-c2ncccn2)n1)[C@@H]1CCS(=O)(=O)C1. The van der Waals surface area contributed by atoms with Gasteiger partial charge in [0.25, 0.3) is 0 Å². The Bertz CT molecular complexity index is 838. The molecule has 1 saturated heterocycles. The lowest BCUT2D eigenvalue weighted by Crippen LogP contribution is -2.44. The summed E-state index contributed by atoms with van der Waals surface area (Å²) in [7, 11) is -1.37. The summed E-state index contributed by atoms with van der Waals surface area (Å²) in [6.07, 6.45) is 4.43. The zero-order valence-corrected chi connectivity index (χ0v) is 15.4. The molecule has 3 rings (SSSR count). The summed E-state index contributed by atoms with van der Waals surface area (Å²) in [5.74, 6) is 0.784. The van der Waals surface area contributed by atoms with Crippen LogP contribution >= 0.6 is 11.3 Å². The third-order valence-electron chi connectivity index (χ3n) is 4.04. The normalized spacial score (nSPS) is 18.8. The van der Waals surface area contributed by atoms with Crippen LogP contribution in [0.2, 0.25) is 0 Å². The smallest absolute Gasteiger partial charge is 0.317 e. The molecule has 0 radical (unpaired) electrons. The van der Waals surface area contributed by atoms with Gasteiger partial charge in [-0.05, 0) is 12.5 Å². The molecule has 2 aromatic rings. The first-order valence-corrected chi connectivity index (χ1v) is 10.6. The zero-order chi connectivity index (χ0) is 17.9. The van der Waals surface area contributed by atoms with Crippen LogP contribution in [-0.2, 0) is 16.3 Å². The molecule has 0 aliphatic carbocycles. The monoisotopic (exact) mass is 381 g/mol. The number of hydrogen-bond donors (Lipinski definition) is 1. The average Bonchev–Trinajstić information content (AvgIpc) is 3.21.